The first kappa shape index (κ1) is 18.9. The molecule has 0 radical (unpaired) electrons. The van der Waals surface area contributed by atoms with Crippen LogP contribution < -0.4 is 9.47 Å². The molecule has 0 unspecified atom stereocenters. The van der Waals surface area contributed by atoms with Crippen molar-refractivity contribution in [3.63, 3.8) is 0 Å². The fourth-order valence-electron chi connectivity index (χ4n) is 2.39. The molecule has 1 aliphatic rings. The van der Waals surface area contributed by atoms with Gasteiger partial charge in [0.2, 0.25) is 5.79 Å². The molecular weight excluding hydrogens is 332 g/mol. The lowest BCUT2D eigenvalue weighted by Crippen LogP contribution is -2.47. The van der Waals surface area contributed by atoms with E-state index in [1.54, 1.807) is 20.3 Å². The molecular formula is C17H24O6S. The normalized spacial score (nSPS) is 18.8. The van der Waals surface area contributed by atoms with Crippen LogP contribution in [-0.4, -0.2) is 50.0 Å². The average Bonchev–Trinajstić information content (AvgIpc) is 2.55. The molecule has 0 saturated carbocycles. The topological polar surface area (TPSA) is 74.2 Å². The van der Waals surface area contributed by atoms with Crippen LogP contribution in [0.25, 0.3) is 0 Å². The fourth-order valence-corrected chi connectivity index (χ4v) is 3.27. The van der Waals surface area contributed by atoms with E-state index < -0.39 is 11.8 Å². The van der Waals surface area contributed by atoms with Gasteiger partial charge in [0.1, 0.15) is 0 Å². The first-order chi connectivity index (χ1) is 11.3. The lowest BCUT2D eigenvalue weighted by Gasteiger charge is -2.43. The third-order valence-electron chi connectivity index (χ3n) is 3.73. The van der Waals surface area contributed by atoms with Crippen molar-refractivity contribution in [2.24, 2.45) is 5.41 Å². The zero-order chi connectivity index (χ0) is 17.8. The quantitative estimate of drug-likeness (QED) is 0.805. The van der Waals surface area contributed by atoms with Crippen LogP contribution in [0.3, 0.4) is 0 Å². The van der Waals surface area contributed by atoms with Gasteiger partial charge in [-0.2, -0.15) is 0 Å². The van der Waals surface area contributed by atoms with Crippen molar-refractivity contribution in [2.45, 2.75) is 19.6 Å². The van der Waals surface area contributed by atoms with Gasteiger partial charge in [-0.25, -0.2) is 0 Å². The second kappa shape index (κ2) is 7.63. The molecule has 1 aromatic carbocycles. The highest BCUT2D eigenvalue weighted by Crippen LogP contribution is 2.41. The molecule has 1 N–H and O–H groups in total. The number of rotatable bonds is 7. The van der Waals surface area contributed by atoms with E-state index in [0.717, 1.165) is 5.56 Å². The van der Waals surface area contributed by atoms with Crippen LogP contribution in [0.1, 0.15) is 19.4 Å². The maximum Gasteiger partial charge on any atom is 0.313 e. The Morgan fingerprint density at radius 2 is 1.83 bits per heavy atom. The summed E-state index contributed by atoms with van der Waals surface area (Å²) in [6, 6.07) is 5.48. The highest BCUT2D eigenvalue weighted by Gasteiger charge is 2.42. The Morgan fingerprint density at radius 3 is 2.38 bits per heavy atom. The van der Waals surface area contributed by atoms with Crippen LogP contribution in [0.2, 0.25) is 0 Å². The average molecular weight is 356 g/mol. The van der Waals surface area contributed by atoms with Gasteiger partial charge in [0.25, 0.3) is 0 Å². The van der Waals surface area contributed by atoms with Crippen LogP contribution in [0.15, 0.2) is 18.2 Å². The number of carbonyl (C=O) groups is 1. The first-order valence-electron chi connectivity index (χ1n) is 7.62. The van der Waals surface area contributed by atoms with Crippen LogP contribution in [0.4, 0.5) is 0 Å². The van der Waals surface area contributed by atoms with Crippen LogP contribution in [-0.2, 0) is 20.1 Å². The summed E-state index contributed by atoms with van der Waals surface area (Å²) < 4.78 is 22.8. The highest BCUT2D eigenvalue weighted by atomic mass is 32.2. The number of carboxylic acids is 1. The standard InChI is InChI=1S/C17H24O6S/c1-16(2)9-22-17(23-10-16,11-24-8-15(18)19)12-5-6-13(20-3)14(7-12)21-4/h5-7H,8-11H2,1-4H3,(H,18,19). The minimum Gasteiger partial charge on any atom is -0.493 e. The number of aliphatic carboxylic acids is 1. The first-order valence-corrected chi connectivity index (χ1v) is 8.77. The predicted molar refractivity (Wildman–Crippen MR) is 91.9 cm³/mol. The summed E-state index contributed by atoms with van der Waals surface area (Å²) in [7, 11) is 3.14. The Labute approximate surface area is 146 Å². The van der Waals surface area contributed by atoms with Gasteiger partial charge in [0, 0.05) is 11.0 Å². The van der Waals surface area contributed by atoms with Crippen molar-refractivity contribution in [1.82, 2.24) is 0 Å². The van der Waals surface area contributed by atoms with Crippen molar-refractivity contribution in [3.8, 4) is 11.5 Å². The summed E-state index contributed by atoms with van der Waals surface area (Å²) in [6.07, 6.45) is 0. The van der Waals surface area contributed by atoms with Gasteiger partial charge in [-0.05, 0) is 18.2 Å². The maximum atomic E-state index is 10.8. The molecule has 2 rings (SSSR count). The number of hydrogen-bond donors (Lipinski definition) is 1. The van der Waals surface area contributed by atoms with Crippen molar-refractivity contribution in [2.75, 3.05) is 38.9 Å². The Balaban J connectivity index is 2.30. The van der Waals surface area contributed by atoms with E-state index in [-0.39, 0.29) is 11.2 Å². The molecule has 134 valence electrons. The largest absolute Gasteiger partial charge is 0.493 e. The van der Waals surface area contributed by atoms with Crippen LogP contribution in [0, 0.1) is 5.41 Å². The molecule has 0 aliphatic carbocycles. The number of ether oxygens (including phenoxy) is 4. The smallest absolute Gasteiger partial charge is 0.313 e. The molecule has 24 heavy (non-hydrogen) atoms. The number of methoxy groups -OCH3 is 2. The van der Waals surface area contributed by atoms with Crippen LogP contribution >= 0.6 is 11.8 Å². The highest BCUT2D eigenvalue weighted by molar-refractivity contribution is 7.99. The lowest BCUT2D eigenvalue weighted by atomic mass is 9.93. The summed E-state index contributed by atoms with van der Waals surface area (Å²) in [4.78, 5) is 10.8. The lowest BCUT2D eigenvalue weighted by molar-refractivity contribution is -0.295. The Hall–Kier alpha value is -1.44. The van der Waals surface area contributed by atoms with Gasteiger partial charge in [-0.1, -0.05) is 13.8 Å². The molecule has 0 spiro atoms. The SMILES string of the molecule is COc1ccc(C2(CSCC(=O)O)OCC(C)(C)CO2)cc1OC. The molecule has 0 aromatic heterocycles. The minimum atomic E-state index is -0.991. The van der Waals surface area contributed by atoms with Gasteiger partial charge < -0.3 is 24.1 Å². The predicted octanol–water partition coefficient (Wildman–Crippen LogP) is 2.75. The van der Waals surface area contributed by atoms with E-state index in [0.29, 0.717) is 30.5 Å². The minimum absolute atomic E-state index is 0.00878. The monoisotopic (exact) mass is 356 g/mol. The number of hydrogen-bond acceptors (Lipinski definition) is 6. The van der Waals surface area contributed by atoms with Crippen molar-refractivity contribution in [3.05, 3.63) is 23.8 Å². The number of benzene rings is 1. The van der Waals surface area contributed by atoms with Gasteiger partial charge in [-0.3, -0.25) is 4.79 Å². The molecule has 1 saturated heterocycles. The summed E-state index contributed by atoms with van der Waals surface area (Å²) in [5.41, 5.74) is 0.700. The summed E-state index contributed by atoms with van der Waals surface area (Å²) in [5, 5.41) is 8.89. The summed E-state index contributed by atoms with van der Waals surface area (Å²) in [6.45, 7) is 5.18. The zero-order valence-electron chi connectivity index (χ0n) is 14.5. The van der Waals surface area contributed by atoms with Crippen molar-refractivity contribution >= 4 is 17.7 Å². The second-order valence-corrected chi connectivity index (χ2v) is 7.44. The molecule has 0 bridgehead atoms. The molecule has 1 heterocycles. The summed E-state index contributed by atoms with van der Waals surface area (Å²) in [5.74, 6) is -0.287. The molecule has 0 amide bonds. The van der Waals surface area contributed by atoms with E-state index in [9.17, 15) is 4.79 Å². The fraction of sp³-hybridized carbons (Fsp3) is 0.588. The molecule has 1 fully saturated rings. The van der Waals surface area contributed by atoms with Crippen LogP contribution in [0.5, 0.6) is 11.5 Å². The van der Waals surface area contributed by atoms with E-state index in [4.69, 9.17) is 24.1 Å². The van der Waals surface area contributed by atoms with Crippen molar-refractivity contribution in [1.29, 1.82) is 0 Å². The van der Waals surface area contributed by atoms with Crippen molar-refractivity contribution < 1.29 is 28.8 Å². The molecule has 1 aromatic rings. The Kier molecular flexibility index (Phi) is 6.01. The van der Waals surface area contributed by atoms with E-state index in [1.165, 1.54) is 11.8 Å². The third kappa shape index (κ3) is 4.34. The van der Waals surface area contributed by atoms with E-state index in [2.05, 4.69) is 13.8 Å². The molecule has 7 heteroatoms. The van der Waals surface area contributed by atoms with Gasteiger partial charge in [0.05, 0.1) is 38.9 Å². The van der Waals surface area contributed by atoms with Gasteiger partial charge >= 0.3 is 5.97 Å². The Bertz CT molecular complexity index is 576. The number of carboxylic acid groups (broad SMARTS) is 1. The van der Waals surface area contributed by atoms with E-state index >= 15 is 0 Å². The van der Waals surface area contributed by atoms with E-state index in [1.807, 2.05) is 12.1 Å². The van der Waals surface area contributed by atoms with Gasteiger partial charge in [-0.15, -0.1) is 11.8 Å². The third-order valence-corrected chi connectivity index (χ3v) is 4.77. The molecule has 0 atom stereocenters. The maximum absolute atomic E-state index is 10.8. The zero-order valence-corrected chi connectivity index (χ0v) is 15.3. The van der Waals surface area contributed by atoms with Gasteiger partial charge in [0.15, 0.2) is 11.5 Å². The molecule has 6 nitrogen and oxygen atoms in total. The Morgan fingerprint density at radius 1 is 1.21 bits per heavy atom. The second-order valence-electron chi connectivity index (χ2n) is 6.45. The molecule has 1 aliphatic heterocycles. The summed E-state index contributed by atoms with van der Waals surface area (Å²) >= 11 is 1.26. The number of thioether (sulfide) groups is 1.